The van der Waals surface area contributed by atoms with Crippen molar-refractivity contribution in [1.29, 1.82) is 0 Å². The Kier molecular flexibility index (Phi) is 2.88. The molecule has 1 heterocycles. The van der Waals surface area contributed by atoms with Gasteiger partial charge in [-0.05, 0) is 24.3 Å². The molecular weight excluding hydrogens is 227 g/mol. The average molecular weight is 238 g/mol. The van der Waals surface area contributed by atoms with Crippen LogP contribution in [0.2, 0.25) is 0 Å². The zero-order chi connectivity index (χ0) is 12.2. The van der Waals surface area contributed by atoms with E-state index >= 15 is 0 Å². The van der Waals surface area contributed by atoms with Crippen molar-refractivity contribution in [2.45, 2.75) is 0 Å². The minimum Gasteiger partial charge on any atom is -0.528 e. The summed E-state index contributed by atoms with van der Waals surface area (Å²) in [6.45, 7) is 0. The summed E-state index contributed by atoms with van der Waals surface area (Å²) < 4.78 is 10.8. The first kappa shape index (κ1) is 10.7. The number of imidazole rings is 1. The lowest BCUT2D eigenvalue weighted by Crippen LogP contribution is -2.11. The Labute approximate surface area is 105 Å². The van der Waals surface area contributed by atoms with Gasteiger partial charge in [-0.3, -0.25) is 0 Å². The number of para-hydroxylation sites is 3. The Hall–Kier alpha value is -2.43. The van der Waals surface area contributed by atoms with Crippen LogP contribution in [0.3, 0.4) is 0 Å². The van der Waals surface area contributed by atoms with Gasteiger partial charge in [0.1, 0.15) is 5.75 Å². The summed E-state index contributed by atoms with van der Waals surface area (Å²) in [6, 6.07) is 17.7. The summed E-state index contributed by atoms with van der Waals surface area (Å²) in [7, 11) is 0.129. The van der Waals surface area contributed by atoms with Gasteiger partial charge in [0.15, 0.2) is 0 Å². The number of H-pyrrole nitrogens is 1. The van der Waals surface area contributed by atoms with Crippen LogP contribution in [-0.2, 0) is 0 Å². The van der Waals surface area contributed by atoms with Crippen molar-refractivity contribution in [2.24, 2.45) is 0 Å². The summed E-state index contributed by atoms with van der Waals surface area (Å²) >= 11 is 0. The van der Waals surface area contributed by atoms with E-state index in [0.717, 1.165) is 16.8 Å². The second-order valence-corrected chi connectivity index (χ2v) is 3.78. The zero-order valence-corrected chi connectivity index (χ0v) is 9.67. The molecule has 0 atom stereocenters. The molecule has 0 aliphatic heterocycles. The van der Waals surface area contributed by atoms with Gasteiger partial charge in [-0.1, -0.05) is 30.3 Å². The van der Waals surface area contributed by atoms with Crippen LogP contribution in [0.25, 0.3) is 11.0 Å². The van der Waals surface area contributed by atoms with Gasteiger partial charge in [0.05, 0.1) is 11.0 Å². The molecule has 0 unspecified atom stereocenters. The van der Waals surface area contributed by atoms with E-state index in [9.17, 15) is 0 Å². The van der Waals surface area contributed by atoms with Crippen molar-refractivity contribution in [3.63, 3.8) is 0 Å². The number of nitrogens with one attached hydrogen (secondary N) is 1. The minimum absolute atomic E-state index is 0.129. The highest BCUT2D eigenvalue weighted by molar-refractivity contribution is 6.20. The van der Waals surface area contributed by atoms with Gasteiger partial charge in [0, 0.05) is 0 Å². The van der Waals surface area contributed by atoms with Crippen molar-refractivity contribution < 1.29 is 9.31 Å². The molecule has 0 saturated heterocycles. The van der Waals surface area contributed by atoms with Crippen LogP contribution in [0.15, 0.2) is 54.6 Å². The highest BCUT2D eigenvalue weighted by Gasteiger charge is 2.04. The molecule has 3 aromatic rings. The average Bonchev–Trinajstić information content (AvgIpc) is 2.82. The molecule has 0 spiro atoms. The summed E-state index contributed by atoms with van der Waals surface area (Å²) in [6.07, 6.45) is 0. The fourth-order valence-corrected chi connectivity index (χ4v) is 1.67. The van der Waals surface area contributed by atoms with Gasteiger partial charge in [-0.25, -0.2) is 0 Å². The van der Waals surface area contributed by atoms with Gasteiger partial charge in [0.2, 0.25) is 0 Å². The van der Waals surface area contributed by atoms with Crippen molar-refractivity contribution >= 4 is 18.7 Å². The monoisotopic (exact) mass is 238 g/mol. The van der Waals surface area contributed by atoms with Crippen molar-refractivity contribution in [1.82, 2.24) is 9.97 Å². The standard InChI is InChI=1S/C13H11BN2O2/c1-2-6-10(7-3-1)17-14-18-13-15-11-8-4-5-9-12(11)16-13/h1-9,14H,(H,15,16). The normalized spacial score (nSPS) is 10.2. The topological polar surface area (TPSA) is 47.1 Å². The Bertz CT molecular complexity index is 607. The third-order valence-corrected chi connectivity index (χ3v) is 2.53. The maximum atomic E-state index is 5.42. The lowest BCUT2D eigenvalue weighted by Gasteiger charge is -2.03. The van der Waals surface area contributed by atoms with Crippen molar-refractivity contribution in [2.75, 3.05) is 0 Å². The van der Waals surface area contributed by atoms with Gasteiger partial charge in [-0.15, -0.1) is 0 Å². The van der Waals surface area contributed by atoms with Crippen LogP contribution in [-0.4, -0.2) is 17.7 Å². The summed E-state index contributed by atoms with van der Waals surface area (Å²) in [5.41, 5.74) is 1.83. The maximum absolute atomic E-state index is 5.42. The highest BCUT2D eigenvalue weighted by atomic mass is 16.6. The smallest absolute Gasteiger partial charge is 0.528 e. The maximum Gasteiger partial charge on any atom is 0.578 e. The van der Waals surface area contributed by atoms with E-state index in [4.69, 9.17) is 9.31 Å². The van der Waals surface area contributed by atoms with Gasteiger partial charge in [-0.2, -0.15) is 4.98 Å². The Balaban J connectivity index is 1.63. The van der Waals surface area contributed by atoms with E-state index < -0.39 is 0 Å². The molecular formula is C13H11BN2O2. The molecule has 5 heteroatoms. The van der Waals surface area contributed by atoms with Crippen LogP contribution in [0, 0.1) is 0 Å². The number of aromatic amines is 1. The molecule has 18 heavy (non-hydrogen) atoms. The molecule has 0 amide bonds. The molecule has 1 N–H and O–H groups in total. The number of benzene rings is 2. The SMILES string of the molecule is B(Oc1ccccc1)Oc1nc2ccccc2[nH]1. The number of hydrogen-bond donors (Lipinski definition) is 1. The van der Waals surface area contributed by atoms with Gasteiger partial charge < -0.3 is 14.3 Å². The quantitative estimate of drug-likeness (QED) is 0.709. The molecule has 2 aromatic carbocycles. The van der Waals surface area contributed by atoms with E-state index in [2.05, 4.69) is 9.97 Å². The van der Waals surface area contributed by atoms with E-state index in [1.165, 1.54) is 0 Å². The molecule has 0 saturated carbocycles. The van der Waals surface area contributed by atoms with Gasteiger partial charge >= 0.3 is 7.69 Å². The van der Waals surface area contributed by atoms with Crippen molar-refractivity contribution in [3.8, 4) is 11.8 Å². The predicted octanol–water partition coefficient (Wildman–Crippen LogP) is 2.29. The Morgan fingerprint density at radius 1 is 0.889 bits per heavy atom. The fourth-order valence-electron chi connectivity index (χ4n) is 1.67. The molecule has 1 aromatic heterocycles. The van der Waals surface area contributed by atoms with E-state index in [-0.39, 0.29) is 7.69 Å². The molecule has 0 fully saturated rings. The highest BCUT2D eigenvalue weighted by Crippen LogP contribution is 2.15. The third-order valence-electron chi connectivity index (χ3n) is 2.53. The number of rotatable bonds is 4. The largest absolute Gasteiger partial charge is 0.578 e. The van der Waals surface area contributed by atoms with Crippen LogP contribution < -0.4 is 9.31 Å². The van der Waals surface area contributed by atoms with Crippen LogP contribution in [0.4, 0.5) is 0 Å². The fraction of sp³-hybridized carbons (Fsp3) is 0. The molecule has 0 aliphatic rings. The van der Waals surface area contributed by atoms with E-state index in [1.54, 1.807) is 0 Å². The third kappa shape index (κ3) is 2.30. The molecule has 3 rings (SSSR count). The molecule has 88 valence electrons. The molecule has 0 bridgehead atoms. The minimum atomic E-state index is 0.129. The lowest BCUT2D eigenvalue weighted by atomic mass is 10.3. The summed E-state index contributed by atoms with van der Waals surface area (Å²) in [5, 5.41) is 0. The molecule has 4 nitrogen and oxygen atoms in total. The number of hydrogen-bond acceptors (Lipinski definition) is 3. The predicted molar refractivity (Wildman–Crippen MR) is 70.9 cm³/mol. The van der Waals surface area contributed by atoms with Crippen LogP contribution >= 0.6 is 0 Å². The molecule has 0 aliphatic carbocycles. The first-order chi connectivity index (χ1) is 8.92. The second-order valence-electron chi connectivity index (χ2n) is 3.78. The van der Waals surface area contributed by atoms with Crippen LogP contribution in [0.5, 0.6) is 11.8 Å². The van der Waals surface area contributed by atoms with Gasteiger partial charge in [0.25, 0.3) is 6.01 Å². The first-order valence-corrected chi connectivity index (χ1v) is 5.67. The van der Waals surface area contributed by atoms with E-state index in [0.29, 0.717) is 6.01 Å². The number of aromatic nitrogens is 2. The molecule has 0 radical (unpaired) electrons. The van der Waals surface area contributed by atoms with Crippen molar-refractivity contribution in [3.05, 3.63) is 54.6 Å². The van der Waals surface area contributed by atoms with E-state index in [1.807, 2.05) is 54.6 Å². The number of nitrogens with zero attached hydrogens (tertiary/aromatic N) is 1. The summed E-state index contributed by atoms with van der Waals surface area (Å²) in [4.78, 5) is 7.35. The lowest BCUT2D eigenvalue weighted by molar-refractivity contribution is 0.440. The Morgan fingerprint density at radius 2 is 1.67 bits per heavy atom. The summed E-state index contributed by atoms with van der Waals surface area (Å²) in [5.74, 6) is 0.772. The zero-order valence-electron chi connectivity index (χ0n) is 9.67. The Morgan fingerprint density at radius 3 is 2.50 bits per heavy atom. The second kappa shape index (κ2) is 4.83. The van der Waals surface area contributed by atoms with Crippen LogP contribution in [0.1, 0.15) is 0 Å². The first-order valence-electron chi connectivity index (χ1n) is 5.67. The number of fused-ring (bicyclic) bond motifs is 1.